The Balaban J connectivity index is 2.75. The van der Waals surface area contributed by atoms with Crippen molar-refractivity contribution in [3.63, 3.8) is 0 Å². The summed E-state index contributed by atoms with van der Waals surface area (Å²) in [5.41, 5.74) is 0. The third-order valence-corrected chi connectivity index (χ3v) is 3.41. The van der Waals surface area contributed by atoms with Gasteiger partial charge >= 0.3 is 5.97 Å². The topological polar surface area (TPSA) is 57.6 Å². The van der Waals surface area contributed by atoms with Gasteiger partial charge in [-0.05, 0) is 25.0 Å². The zero-order valence-corrected chi connectivity index (χ0v) is 11.8. The van der Waals surface area contributed by atoms with Crippen molar-refractivity contribution < 1.29 is 14.7 Å². The standard InChI is InChI=1S/C13H19NO3S/c1-9(2)8-14(7-6-12(15)16)13(17)11-5-4-10(3)18-11/h4-5,9H,6-8H2,1-3H3,(H,15,16). The second-order valence-corrected chi connectivity index (χ2v) is 5.99. The molecular formula is C13H19NO3S. The number of carboxylic acids is 1. The van der Waals surface area contributed by atoms with Crippen molar-refractivity contribution in [2.24, 2.45) is 5.92 Å². The van der Waals surface area contributed by atoms with E-state index in [1.54, 1.807) is 11.0 Å². The molecular weight excluding hydrogens is 250 g/mol. The molecule has 0 aliphatic heterocycles. The lowest BCUT2D eigenvalue weighted by Gasteiger charge is -2.23. The van der Waals surface area contributed by atoms with Crippen LogP contribution >= 0.6 is 11.3 Å². The van der Waals surface area contributed by atoms with Crippen molar-refractivity contribution in [3.8, 4) is 0 Å². The monoisotopic (exact) mass is 269 g/mol. The number of amides is 1. The molecule has 0 fully saturated rings. The van der Waals surface area contributed by atoms with E-state index in [2.05, 4.69) is 0 Å². The molecule has 1 aromatic rings. The van der Waals surface area contributed by atoms with Crippen LogP contribution in [0, 0.1) is 12.8 Å². The minimum Gasteiger partial charge on any atom is -0.481 e. The van der Waals surface area contributed by atoms with Crippen LogP contribution in [0.1, 0.15) is 34.8 Å². The minimum atomic E-state index is -0.876. The number of rotatable bonds is 6. The van der Waals surface area contributed by atoms with E-state index in [4.69, 9.17) is 5.11 Å². The molecule has 1 rings (SSSR count). The molecule has 0 saturated heterocycles. The van der Waals surface area contributed by atoms with Gasteiger partial charge in [0.25, 0.3) is 5.91 Å². The zero-order chi connectivity index (χ0) is 13.7. The number of aryl methyl sites for hydroxylation is 1. The molecule has 0 unspecified atom stereocenters. The van der Waals surface area contributed by atoms with Crippen LogP contribution in [0.3, 0.4) is 0 Å². The van der Waals surface area contributed by atoms with Gasteiger partial charge in [-0.3, -0.25) is 9.59 Å². The van der Waals surface area contributed by atoms with Gasteiger partial charge in [-0.15, -0.1) is 11.3 Å². The summed E-state index contributed by atoms with van der Waals surface area (Å²) in [5, 5.41) is 8.72. The SMILES string of the molecule is Cc1ccc(C(=O)N(CCC(=O)O)CC(C)C)s1. The quantitative estimate of drug-likeness (QED) is 0.863. The zero-order valence-electron chi connectivity index (χ0n) is 11.0. The lowest BCUT2D eigenvalue weighted by Crippen LogP contribution is -2.35. The Kier molecular flexibility index (Phi) is 5.34. The summed E-state index contributed by atoms with van der Waals surface area (Å²) in [7, 11) is 0. The molecule has 0 aliphatic rings. The van der Waals surface area contributed by atoms with Crippen molar-refractivity contribution in [3.05, 3.63) is 21.9 Å². The van der Waals surface area contributed by atoms with E-state index in [-0.39, 0.29) is 18.9 Å². The van der Waals surface area contributed by atoms with Gasteiger partial charge in [-0.1, -0.05) is 13.8 Å². The van der Waals surface area contributed by atoms with Crippen LogP contribution < -0.4 is 0 Å². The van der Waals surface area contributed by atoms with Crippen LogP contribution in [0.4, 0.5) is 0 Å². The lowest BCUT2D eigenvalue weighted by atomic mass is 10.2. The van der Waals surface area contributed by atoms with Gasteiger partial charge in [0.2, 0.25) is 0 Å². The van der Waals surface area contributed by atoms with Crippen LogP contribution in [0.5, 0.6) is 0 Å². The minimum absolute atomic E-state index is 0.0111. The maximum absolute atomic E-state index is 12.2. The van der Waals surface area contributed by atoms with E-state index in [1.807, 2.05) is 26.8 Å². The molecule has 0 aliphatic carbocycles. The molecule has 0 atom stereocenters. The predicted octanol–water partition coefficient (Wildman–Crippen LogP) is 2.63. The summed E-state index contributed by atoms with van der Waals surface area (Å²) in [6.45, 7) is 6.83. The van der Waals surface area contributed by atoms with Crippen molar-refractivity contribution in [2.45, 2.75) is 27.2 Å². The highest BCUT2D eigenvalue weighted by Crippen LogP contribution is 2.18. The molecule has 5 heteroatoms. The first-order valence-corrected chi connectivity index (χ1v) is 6.79. The molecule has 4 nitrogen and oxygen atoms in total. The van der Waals surface area contributed by atoms with E-state index < -0.39 is 5.97 Å². The van der Waals surface area contributed by atoms with Gasteiger partial charge < -0.3 is 10.0 Å². The Morgan fingerprint density at radius 2 is 2.06 bits per heavy atom. The van der Waals surface area contributed by atoms with Crippen molar-refractivity contribution in [2.75, 3.05) is 13.1 Å². The van der Waals surface area contributed by atoms with Crippen LogP contribution in [-0.2, 0) is 4.79 Å². The van der Waals surface area contributed by atoms with Crippen LogP contribution in [-0.4, -0.2) is 35.0 Å². The Morgan fingerprint density at radius 3 is 2.50 bits per heavy atom. The maximum Gasteiger partial charge on any atom is 0.305 e. The fourth-order valence-electron chi connectivity index (χ4n) is 1.65. The highest BCUT2D eigenvalue weighted by Gasteiger charge is 2.19. The highest BCUT2D eigenvalue weighted by molar-refractivity contribution is 7.13. The van der Waals surface area contributed by atoms with E-state index in [1.165, 1.54) is 11.3 Å². The molecule has 1 N–H and O–H groups in total. The summed E-state index contributed by atoms with van der Waals surface area (Å²) in [6, 6.07) is 3.71. The van der Waals surface area contributed by atoms with Crippen molar-refractivity contribution in [1.29, 1.82) is 0 Å². The van der Waals surface area contributed by atoms with Crippen molar-refractivity contribution in [1.82, 2.24) is 4.90 Å². The molecule has 0 radical (unpaired) electrons. The molecule has 1 amide bonds. The van der Waals surface area contributed by atoms with Gasteiger partial charge in [-0.2, -0.15) is 0 Å². The van der Waals surface area contributed by atoms with Gasteiger partial charge in [0.05, 0.1) is 11.3 Å². The van der Waals surface area contributed by atoms with Gasteiger partial charge in [-0.25, -0.2) is 0 Å². The molecule has 18 heavy (non-hydrogen) atoms. The number of hydrogen-bond donors (Lipinski definition) is 1. The van der Waals surface area contributed by atoms with E-state index in [9.17, 15) is 9.59 Å². The predicted molar refractivity (Wildman–Crippen MR) is 72.1 cm³/mol. The van der Waals surface area contributed by atoms with Gasteiger partial charge in [0.15, 0.2) is 0 Å². The number of aliphatic carboxylic acids is 1. The number of nitrogens with zero attached hydrogens (tertiary/aromatic N) is 1. The molecule has 0 bridgehead atoms. The Bertz CT molecular complexity index is 426. The second kappa shape index (κ2) is 6.54. The molecule has 100 valence electrons. The second-order valence-electron chi connectivity index (χ2n) is 4.70. The molecule has 0 spiro atoms. The first-order chi connectivity index (χ1) is 8.40. The number of hydrogen-bond acceptors (Lipinski definition) is 3. The number of thiophene rings is 1. The number of carbonyl (C=O) groups is 2. The molecule has 1 aromatic heterocycles. The fraction of sp³-hybridized carbons (Fsp3) is 0.538. The maximum atomic E-state index is 12.2. The number of carbonyl (C=O) groups excluding carboxylic acids is 1. The summed E-state index contributed by atoms with van der Waals surface area (Å²) in [6.07, 6.45) is -0.0111. The van der Waals surface area contributed by atoms with Gasteiger partial charge in [0.1, 0.15) is 0 Å². The lowest BCUT2D eigenvalue weighted by molar-refractivity contribution is -0.137. The molecule has 0 aromatic carbocycles. The number of carboxylic acid groups (broad SMARTS) is 1. The first-order valence-electron chi connectivity index (χ1n) is 5.97. The first kappa shape index (κ1) is 14.7. The van der Waals surface area contributed by atoms with Crippen LogP contribution in [0.25, 0.3) is 0 Å². The van der Waals surface area contributed by atoms with Crippen LogP contribution in [0.15, 0.2) is 12.1 Å². The average Bonchev–Trinajstić information content (AvgIpc) is 2.69. The summed E-state index contributed by atoms with van der Waals surface area (Å²) in [4.78, 5) is 26.3. The molecule has 0 saturated carbocycles. The Labute approximate surface area is 111 Å². The summed E-state index contributed by atoms with van der Waals surface area (Å²) in [5.74, 6) is -0.620. The Hall–Kier alpha value is -1.36. The Morgan fingerprint density at radius 1 is 1.39 bits per heavy atom. The third kappa shape index (κ3) is 4.49. The van der Waals surface area contributed by atoms with Crippen molar-refractivity contribution >= 4 is 23.2 Å². The molecule has 1 heterocycles. The summed E-state index contributed by atoms with van der Waals surface area (Å²) >= 11 is 1.45. The summed E-state index contributed by atoms with van der Waals surface area (Å²) < 4.78 is 0. The largest absolute Gasteiger partial charge is 0.481 e. The van der Waals surface area contributed by atoms with E-state index in [0.29, 0.717) is 17.3 Å². The van der Waals surface area contributed by atoms with E-state index in [0.717, 1.165) is 4.88 Å². The van der Waals surface area contributed by atoms with Crippen LogP contribution in [0.2, 0.25) is 0 Å². The normalized spacial score (nSPS) is 10.7. The average molecular weight is 269 g/mol. The smallest absolute Gasteiger partial charge is 0.305 e. The highest BCUT2D eigenvalue weighted by atomic mass is 32.1. The fourth-order valence-corrected chi connectivity index (χ4v) is 2.49. The van der Waals surface area contributed by atoms with E-state index >= 15 is 0 Å². The third-order valence-electron chi connectivity index (χ3n) is 2.42. The van der Waals surface area contributed by atoms with Gasteiger partial charge in [0, 0.05) is 18.0 Å².